The number of carbonyl (C=O) groups excluding carboxylic acids is 1. The van der Waals surface area contributed by atoms with Crippen molar-refractivity contribution in [3.8, 4) is 0 Å². The van der Waals surface area contributed by atoms with Crippen molar-refractivity contribution >= 4 is 24.3 Å². The number of alkyl halides is 3. The molecule has 1 aliphatic heterocycles. The first-order valence-electron chi connectivity index (χ1n) is 7.95. The zero-order chi connectivity index (χ0) is 17.8. The molecule has 2 atom stereocenters. The number of ether oxygens (including phenoxy) is 1. The zero-order valence-corrected chi connectivity index (χ0v) is 15.0. The third kappa shape index (κ3) is 6.80. The average Bonchev–Trinajstić information content (AvgIpc) is 2.50. The standard InChI is InChI=1S/C18H22F3NO2.ClH/c1-13-11-22-12-17(2,24-13)10-9-16(23)8-5-14-3-6-15(7-4-14)18(19,20)21;/h3-8,13,22H,9-12H2,1-2H3;1H. The topological polar surface area (TPSA) is 38.3 Å². The molecule has 0 spiro atoms. The van der Waals surface area contributed by atoms with E-state index in [-0.39, 0.29) is 29.9 Å². The molecule has 0 aliphatic carbocycles. The van der Waals surface area contributed by atoms with Gasteiger partial charge in [0.05, 0.1) is 17.3 Å². The summed E-state index contributed by atoms with van der Waals surface area (Å²) in [6.45, 7) is 5.46. The molecule has 25 heavy (non-hydrogen) atoms. The molecule has 0 aromatic heterocycles. The van der Waals surface area contributed by atoms with E-state index in [9.17, 15) is 18.0 Å². The number of benzene rings is 1. The minimum absolute atomic E-state index is 0. The Labute approximate surface area is 152 Å². The number of rotatable bonds is 5. The van der Waals surface area contributed by atoms with E-state index in [4.69, 9.17) is 4.74 Å². The number of hydrogen-bond donors (Lipinski definition) is 1. The molecule has 1 aromatic rings. The molecule has 1 aliphatic rings. The normalized spacial score (nSPS) is 24.1. The van der Waals surface area contributed by atoms with Crippen molar-refractivity contribution in [2.24, 2.45) is 0 Å². The van der Waals surface area contributed by atoms with E-state index in [2.05, 4.69) is 5.32 Å². The molecule has 1 saturated heterocycles. The lowest BCUT2D eigenvalue weighted by atomic mass is 9.96. The van der Waals surface area contributed by atoms with Crippen molar-refractivity contribution in [3.63, 3.8) is 0 Å². The zero-order valence-electron chi connectivity index (χ0n) is 14.2. The summed E-state index contributed by atoms with van der Waals surface area (Å²) in [6.07, 6.45) is -0.359. The van der Waals surface area contributed by atoms with Gasteiger partial charge >= 0.3 is 6.18 Å². The van der Waals surface area contributed by atoms with Gasteiger partial charge in [-0.25, -0.2) is 0 Å². The number of halogens is 4. The highest BCUT2D eigenvalue weighted by Crippen LogP contribution is 2.29. The first kappa shape index (κ1) is 21.7. The monoisotopic (exact) mass is 377 g/mol. The Kier molecular flexibility index (Phi) is 7.65. The molecule has 2 unspecified atom stereocenters. The average molecular weight is 378 g/mol. The van der Waals surface area contributed by atoms with E-state index in [1.165, 1.54) is 24.3 Å². The van der Waals surface area contributed by atoms with Crippen molar-refractivity contribution < 1.29 is 22.7 Å². The van der Waals surface area contributed by atoms with Crippen molar-refractivity contribution in [1.82, 2.24) is 5.32 Å². The quantitative estimate of drug-likeness (QED) is 0.779. The van der Waals surface area contributed by atoms with Crippen LogP contribution in [0.2, 0.25) is 0 Å². The molecule has 0 saturated carbocycles. The van der Waals surface area contributed by atoms with E-state index >= 15 is 0 Å². The van der Waals surface area contributed by atoms with Crippen LogP contribution in [-0.2, 0) is 15.7 Å². The van der Waals surface area contributed by atoms with Gasteiger partial charge in [0, 0.05) is 19.5 Å². The summed E-state index contributed by atoms with van der Waals surface area (Å²) in [4.78, 5) is 12.0. The van der Waals surface area contributed by atoms with Crippen LogP contribution in [0, 0.1) is 0 Å². The van der Waals surface area contributed by atoms with E-state index in [1.54, 1.807) is 0 Å². The Morgan fingerprint density at radius 3 is 2.56 bits per heavy atom. The molecular formula is C18H23ClF3NO2. The SMILES string of the molecule is CC1CNCC(C)(CCC(=O)C=Cc2ccc(C(F)(F)F)cc2)O1.Cl. The van der Waals surface area contributed by atoms with Gasteiger partial charge < -0.3 is 10.1 Å². The third-order valence-electron chi connectivity index (χ3n) is 4.02. The van der Waals surface area contributed by atoms with Gasteiger partial charge in [-0.05, 0) is 44.0 Å². The number of ketones is 1. The molecule has 1 heterocycles. The maximum Gasteiger partial charge on any atom is 0.416 e. The van der Waals surface area contributed by atoms with Gasteiger partial charge in [-0.15, -0.1) is 12.4 Å². The van der Waals surface area contributed by atoms with Crippen LogP contribution in [0.3, 0.4) is 0 Å². The van der Waals surface area contributed by atoms with Gasteiger partial charge in [0.1, 0.15) is 0 Å². The third-order valence-corrected chi connectivity index (χ3v) is 4.02. The van der Waals surface area contributed by atoms with E-state index in [0.717, 1.165) is 18.7 Å². The molecule has 1 aromatic carbocycles. The van der Waals surface area contributed by atoms with Crippen LogP contribution in [0.15, 0.2) is 30.3 Å². The van der Waals surface area contributed by atoms with Gasteiger partial charge in [-0.3, -0.25) is 4.79 Å². The Hall–Kier alpha value is -1.37. The van der Waals surface area contributed by atoms with E-state index in [0.29, 0.717) is 24.9 Å². The van der Waals surface area contributed by atoms with Gasteiger partial charge in [0.25, 0.3) is 0 Å². The van der Waals surface area contributed by atoms with Gasteiger partial charge in [-0.1, -0.05) is 18.2 Å². The summed E-state index contributed by atoms with van der Waals surface area (Å²) >= 11 is 0. The second kappa shape index (κ2) is 8.83. The van der Waals surface area contributed by atoms with Crippen LogP contribution >= 0.6 is 12.4 Å². The highest BCUT2D eigenvalue weighted by Gasteiger charge is 2.31. The number of nitrogens with one attached hydrogen (secondary N) is 1. The van der Waals surface area contributed by atoms with Crippen molar-refractivity contribution in [2.45, 2.75) is 44.6 Å². The summed E-state index contributed by atoms with van der Waals surface area (Å²) in [5, 5.41) is 3.28. The number of allylic oxidation sites excluding steroid dienone is 1. The summed E-state index contributed by atoms with van der Waals surface area (Å²) in [7, 11) is 0. The van der Waals surface area contributed by atoms with Crippen molar-refractivity contribution in [3.05, 3.63) is 41.5 Å². The lowest BCUT2D eigenvalue weighted by Gasteiger charge is -2.38. The van der Waals surface area contributed by atoms with Gasteiger partial charge in [-0.2, -0.15) is 13.2 Å². The highest BCUT2D eigenvalue weighted by molar-refractivity contribution is 5.93. The molecule has 3 nitrogen and oxygen atoms in total. The predicted molar refractivity (Wildman–Crippen MR) is 93.8 cm³/mol. The lowest BCUT2D eigenvalue weighted by molar-refractivity contribution is -0.137. The molecule has 1 fully saturated rings. The van der Waals surface area contributed by atoms with Crippen LogP contribution in [-0.4, -0.2) is 30.6 Å². The van der Waals surface area contributed by atoms with Crippen molar-refractivity contribution in [1.29, 1.82) is 0 Å². The maximum atomic E-state index is 12.5. The van der Waals surface area contributed by atoms with E-state index in [1.807, 2.05) is 13.8 Å². The Balaban J connectivity index is 0.00000312. The fraction of sp³-hybridized carbons (Fsp3) is 0.500. The van der Waals surface area contributed by atoms with Crippen LogP contribution in [0.1, 0.15) is 37.8 Å². The highest BCUT2D eigenvalue weighted by atomic mass is 35.5. The first-order chi connectivity index (χ1) is 11.2. The van der Waals surface area contributed by atoms with Crippen LogP contribution in [0.25, 0.3) is 6.08 Å². The molecule has 7 heteroatoms. The summed E-state index contributed by atoms with van der Waals surface area (Å²) in [6, 6.07) is 4.72. The molecule has 2 rings (SSSR count). The number of morpholine rings is 1. The smallest absolute Gasteiger partial charge is 0.370 e. The van der Waals surface area contributed by atoms with E-state index < -0.39 is 11.7 Å². The minimum Gasteiger partial charge on any atom is -0.370 e. The Morgan fingerprint density at radius 2 is 2.00 bits per heavy atom. The van der Waals surface area contributed by atoms with Crippen LogP contribution < -0.4 is 5.32 Å². The van der Waals surface area contributed by atoms with Gasteiger partial charge in [0.2, 0.25) is 0 Å². The van der Waals surface area contributed by atoms with Gasteiger partial charge in [0.15, 0.2) is 5.78 Å². The molecule has 0 bridgehead atoms. The largest absolute Gasteiger partial charge is 0.416 e. The molecule has 1 N–H and O–H groups in total. The second-order valence-corrected chi connectivity index (χ2v) is 6.43. The second-order valence-electron chi connectivity index (χ2n) is 6.43. The Bertz CT molecular complexity index is 601. The van der Waals surface area contributed by atoms with Crippen molar-refractivity contribution in [2.75, 3.05) is 13.1 Å². The summed E-state index contributed by atoms with van der Waals surface area (Å²) in [5.41, 5.74) is -0.503. The summed E-state index contributed by atoms with van der Waals surface area (Å²) in [5.74, 6) is -0.0713. The fourth-order valence-electron chi connectivity index (χ4n) is 2.70. The molecular weight excluding hydrogens is 355 g/mol. The summed E-state index contributed by atoms with van der Waals surface area (Å²) < 4.78 is 43.3. The molecule has 0 radical (unpaired) electrons. The Morgan fingerprint density at radius 1 is 1.36 bits per heavy atom. The van der Waals surface area contributed by atoms with Crippen LogP contribution in [0.4, 0.5) is 13.2 Å². The fourth-order valence-corrected chi connectivity index (χ4v) is 2.70. The minimum atomic E-state index is -4.35. The molecule has 140 valence electrons. The number of hydrogen-bond acceptors (Lipinski definition) is 3. The first-order valence-corrected chi connectivity index (χ1v) is 7.95. The van der Waals surface area contributed by atoms with Crippen LogP contribution in [0.5, 0.6) is 0 Å². The lowest BCUT2D eigenvalue weighted by Crippen LogP contribution is -2.51. The predicted octanol–water partition coefficient (Wildman–Crippen LogP) is 4.26. The molecule has 0 amide bonds. The maximum absolute atomic E-state index is 12.5. The number of carbonyl (C=O) groups is 1.